The Labute approximate surface area is 141 Å². The summed E-state index contributed by atoms with van der Waals surface area (Å²) in [5, 5.41) is 6.17. The van der Waals surface area contributed by atoms with Crippen molar-refractivity contribution in [3.63, 3.8) is 0 Å². The van der Waals surface area contributed by atoms with E-state index in [9.17, 15) is 9.18 Å². The molecule has 1 heterocycles. The predicted octanol–water partition coefficient (Wildman–Crippen LogP) is 3.84. The fourth-order valence-electron chi connectivity index (χ4n) is 2.99. The minimum Gasteiger partial charge on any atom is -0.381 e. The maximum atomic E-state index is 13.6. The molecule has 24 heavy (non-hydrogen) atoms. The van der Waals surface area contributed by atoms with Crippen LogP contribution >= 0.6 is 0 Å². The molecular formula is C19H22FN3O. The number of nitrogens with one attached hydrogen (secondary N) is 2. The molecule has 0 saturated heterocycles. The van der Waals surface area contributed by atoms with Crippen LogP contribution in [0, 0.1) is 12.7 Å². The van der Waals surface area contributed by atoms with Crippen molar-refractivity contribution in [1.29, 1.82) is 0 Å². The Morgan fingerprint density at radius 1 is 1.29 bits per heavy atom. The first-order chi connectivity index (χ1) is 11.6. The van der Waals surface area contributed by atoms with E-state index in [0.29, 0.717) is 25.2 Å². The van der Waals surface area contributed by atoms with Crippen molar-refractivity contribution in [2.75, 3.05) is 23.3 Å². The zero-order valence-electron chi connectivity index (χ0n) is 14.0. The van der Waals surface area contributed by atoms with Gasteiger partial charge in [-0.15, -0.1) is 0 Å². The van der Waals surface area contributed by atoms with E-state index >= 15 is 0 Å². The molecule has 126 valence electrons. The highest BCUT2D eigenvalue weighted by Crippen LogP contribution is 2.31. The summed E-state index contributed by atoms with van der Waals surface area (Å²) in [7, 11) is 0. The molecule has 0 radical (unpaired) electrons. The fraction of sp³-hybridized carbons (Fsp3) is 0.316. The third kappa shape index (κ3) is 3.20. The molecule has 4 nitrogen and oxygen atoms in total. The first-order valence-electron chi connectivity index (χ1n) is 8.26. The van der Waals surface area contributed by atoms with E-state index in [4.69, 9.17) is 0 Å². The monoisotopic (exact) mass is 327 g/mol. The van der Waals surface area contributed by atoms with Crippen LogP contribution in [-0.4, -0.2) is 19.1 Å². The van der Waals surface area contributed by atoms with Gasteiger partial charge in [-0.25, -0.2) is 9.18 Å². The van der Waals surface area contributed by atoms with Crippen LogP contribution in [0.4, 0.5) is 20.6 Å². The van der Waals surface area contributed by atoms with Gasteiger partial charge in [0.1, 0.15) is 5.82 Å². The van der Waals surface area contributed by atoms with E-state index in [2.05, 4.69) is 16.7 Å². The van der Waals surface area contributed by atoms with Gasteiger partial charge in [-0.05, 0) is 55.2 Å². The highest BCUT2D eigenvalue weighted by molar-refractivity contribution is 5.94. The summed E-state index contributed by atoms with van der Waals surface area (Å²) in [6.45, 7) is 5.55. The number of amides is 2. The standard InChI is InChI=1S/C19H22FN3O/c1-3-21-19(24)23-10-9-14-7-8-16(11-18(14)23)22-12-15-5-4-6-17(20)13(15)2/h4-8,11,22H,3,9-10,12H2,1-2H3,(H,21,24). The summed E-state index contributed by atoms with van der Waals surface area (Å²) in [4.78, 5) is 13.9. The summed E-state index contributed by atoms with van der Waals surface area (Å²) in [5.74, 6) is -0.189. The maximum absolute atomic E-state index is 13.6. The quantitative estimate of drug-likeness (QED) is 0.896. The van der Waals surface area contributed by atoms with Gasteiger partial charge in [0.2, 0.25) is 0 Å². The van der Waals surface area contributed by atoms with Gasteiger partial charge in [0.15, 0.2) is 0 Å². The number of benzene rings is 2. The van der Waals surface area contributed by atoms with Crippen LogP contribution < -0.4 is 15.5 Å². The van der Waals surface area contributed by atoms with E-state index < -0.39 is 0 Å². The number of carbonyl (C=O) groups excluding carboxylic acids is 1. The molecule has 0 saturated carbocycles. The summed E-state index contributed by atoms with van der Waals surface area (Å²) in [5.41, 5.74) is 4.63. The lowest BCUT2D eigenvalue weighted by molar-refractivity contribution is 0.247. The van der Waals surface area contributed by atoms with Crippen LogP contribution in [0.3, 0.4) is 0 Å². The molecule has 1 aliphatic heterocycles. The first-order valence-corrected chi connectivity index (χ1v) is 8.26. The number of anilines is 2. The fourth-order valence-corrected chi connectivity index (χ4v) is 2.99. The van der Waals surface area contributed by atoms with Crippen LogP contribution in [0.15, 0.2) is 36.4 Å². The van der Waals surface area contributed by atoms with Gasteiger partial charge < -0.3 is 10.6 Å². The average Bonchev–Trinajstić information content (AvgIpc) is 2.99. The van der Waals surface area contributed by atoms with Crippen molar-refractivity contribution >= 4 is 17.4 Å². The highest BCUT2D eigenvalue weighted by Gasteiger charge is 2.24. The Morgan fingerprint density at radius 3 is 2.92 bits per heavy atom. The minimum absolute atomic E-state index is 0.0608. The molecule has 0 unspecified atom stereocenters. The van der Waals surface area contributed by atoms with E-state index in [-0.39, 0.29) is 11.8 Å². The number of carbonyl (C=O) groups is 1. The van der Waals surface area contributed by atoms with E-state index in [1.807, 2.05) is 25.1 Å². The molecule has 2 aromatic rings. The Kier molecular flexibility index (Phi) is 4.69. The predicted molar refractivity (Wildman–Crippen MR) is 95.0 cm³/mol. The lowest BCUT2D eigenvalue weighted by Gasteiger charge is -2.18. The summed E-state index contributed by atoms with van der Waals surface area (Å²) < 4.78 is 13.6. The van der Waals surface area contributed by atoms with E-state index in [1.165, 1.54) is 11.6 Å². The summed E-state index contributed by atoms with van der Waals surface area (Å²) in [6.07, 6.45) is 0.871. The zero-order valence-corrected chi connectivity index (χ0v) is 14.0. The van der Waals surface area contributed by atoms with Crippen molar-refractivity contribution in [2.24, 2.45) is 0 Å². The zero-order chi connectivity index (χ0) is 17.1. The molecule has 0 bridgehead atoms. The van der Waals surface area contributed by atoms with Crippen molar-refractivity contribution in [3.8, 4) is 0 Å². The molecule has 0 aromatic heterocycles. The number of hydrogen-bond donors (Lipinski definition) is 2. The number of nitrogens with zero attached hydrogens (tertiary/aromatic N) is 1. The van der Waals surface area contributed by atoms with Gasteiger partial charge in [0.05, 0.1) is 5.69 Å². The molecule has 0 aliphatic carbocycles. The average molecular weight is 327 g/mol. The number of rotatable bonds is 4. The lowest BCUT2D eigenvalue weighted by atomic mass is 10.1. The van der Waals surface area contributed by atoms with Gasteiger partial charge in [0.25, 0.3) is 0 Å². The molecule has 1 aliphatic rings. The number of hydrogen-bond acceptors (Lipinski definition) is 2. The molecular weight excluding hydrogens is 305 g/mol. The Morgan fingerprint density at radius 2 is 2.12 bits per heavy atom. The first kappa shape index (κ1) is 16.3. The van der Waals surface area contributed by atoms with E-state index in [1.54, 1.807) is 17.9 Å². The normalized spacial score (nSPS) is 12.9. The Bertz CT molecular complexity index is 760. The largest absolute Gasteiger partial charge is 0.381 e. The maximum Gasteiger partial charge on any atom is 0.321 e. The van der Waals surface area contributed by atoms with Crippen molar-refractivity contribution < 1.29 is 9.18 Å². The third-order valence-electron chi connectivity index (χ3n) is 4.42. The number of fused-ring (bicyclic) bond motifs is 1. The molecule has 0 atom stereocenters. The second-order valence-corrected chi connectivity index (χ2v) is 5.96. The SMILES string of the molecule is CCNC(=O)N1CCc2ccc(NCc3cccc(F)c3C)cc21. The molecule has 2 aromatic carbocycles. The topological polar surface area (TPSA) is 44.4 Å². The van der Waals surface area contributed by atoms with Crippen molar-refractivity contribution in [1.82, 2.24) is 5.32 Å². The van der Waals surface area contributed by atoms with Crippen LogP contribution in [-0.2, 0) is 13.0 Å². The second-order valence-electron chi connectivity index (χ2n) is 5.96. The highest BCUT2D eigenvalue weighted by atomic mass is 19.1. The molecule has 0 spiro atoms. The van der Waals surface area contributed by atoms with Gasteiger partial charge in [0, 0.05) is 25.3 Å². The molecule has 5 heteroatoms. The molecule has 2 amide bonds. The minimum atomic E-state index is -0.189. The Hall–Kier alpha value is -2.56. The second kappa shape index (κ2) is 6.91. The smallest absolute Gasteiger partial charge is 0.321 e. The van der Waals surface area contributed by atoms with E-state index in [0.717, 1.165) is 23.4 Å². The van der Waals surface area contributed by atoms with Gasteiger partial charge in [-0.2, -0.15) is 0 Å². The van der Waals surface area contributed by atoms with Crippen LogP contribution in [0.2, 0.25) is 0 Å². The van der Waals surface area contributed by atoms with Crippen molar-refractivity contribution in [2.45, 2.75) is 26.8 Å². The van der Waals surface area contributed by atoms with Gasteiger partial charge in [-0.3, -0.25) is 4.90 Å². The van der Waals surface area contributed by atoms with Crippen LogP contribution in [0.1, 0.15) is 23.6 Å². The Balaban J connectivity index is 1.75. The third-order valence-corrected chi connectivity index (χ3v) is 4.42. The summed E-state index contributed by atoms with van der Waals surface area (Å²) in [6, 6.07) is 11.1. The van der Waals surface area contributed by atoms with Crippen LogP contribution in [0.25, 0.3) is 0 Å². The number of halogens is 1. The molecule has 3 rings (SSSR count). The lowest BCUT2D eigenvalue weighted by Crippen LogP contribution is -2.38. The van der Waals surface area contributed by atoms with Crippen molar-refractivity contribution in [3.05, 3.63) is 58.9 Å². The van der Waals surface area contributed by atoms with Crippen LogP contribution in [0.5, 0.6) is 0 Å². The van der Waals surface area contributed by atoms with Gasteiger partial charge in [-0.1, -0.05) is 18.2 Å². The molecule has 2 N–H and O–H groups in total. The molecule has 0 fully saturated rings. The summed E-state index contributed by atoms with van der Waals surface area (Å²) >= 11 is 0. The number of urea groups is 1. The van der Waals surface area contributed by atoms with Gasteiger partial charge >= 0.3 is 6.03 Å².